The van der Waals surface area contributed by atoms with Crippen molar-refractivity contribution in [3.05, 3.63) is 60.0 Å². The zero-order valence-corrected chi connectivity index (χ0v) is 20.0. The van der Waals surface area contributed by atoms with Crippen LogP contribution >= 0.6 is 0 Å². The molecule has 1 aliphatic heterocycles. The van der Waals surface area contributed by atoms with Crippen LogP contribution in [0.3, 0.4) is 0 Å². The molecule has 0 spiro atoms. The van der Waals surface area contributed by atoms with E-state index < -0.39 is 0 Å². The van der Waals surface area contributed by atoms with Gasteiger partial charge < -0.3 is 19.4 Å². The van der Waals surface area contributed by atoms with Crippen LogP contribution in [-0.2, 0) is 16.1 Å². The molecule has 3 aromatic rings. The minimum atomic E-state index is -0.128. The molecule has 3 heterocycles. The predicted molar refractivity (Wildman–Crippen MR) is 131 cm³/mol. The molecule has 2 saturated carbocycles. The van der Waals surface area contributed by atoms with Crippen molar-refractivity contribution >= 4 is 16.8 Å². The normalized spacial score (nSPS) is 23.8. The van der Waals surface area contributed by atoms with Crippen molar-refractivity contribution in [3.63, 3.8) is 0 Å². The second kappa shape index (κ2) is 8.42. The van der Waals surface area contributed by atoms with Gasteiger partial charge in [0.1, 0.15) is 5.75 Å². The van der Waals surface area contributed by atoms with Crippen molar-refractivity contribution in [2.75, 3.05) is 19.8 Å². The fourth-order valence-electron chi connectivity index (χ4n) is 5.00. The van der Waals surface area contributed by atoms with Crippen molar-refractivity contribution < 1.29 is 14.3 Å². The van der Waals surface area contributed by atoms with Crippen molar-refractivity contribution in [2.24, 2.45) is 17.3 Å². The number of ether oxygens (including phenoxy) is 2. The molecule has 3 fully saturated rings. The van der Waals surface area contributed by atoms with Gasteiger partial charge in [0.2, 0.25) is 5.91 Å². The van der Waals surface area contributed by atoms with Gasteiger partial charge in [-0.15, -0.1) is 0 Å². The lowest BCUT2D eigenvalue weighted by Gasteiger charge is -2.38. The fraction of sp³-hybridized carbons (Fsp3) is 0.500. The Kier molecular flexibility index (Phi) is 5.36. The zero-order chi connectivity index (χ0) is 23.3. The Hall–Kier alpha value is -2.86. The number of aromatic nitrogens is 2. The predicted octanol–water partition coefficient (Wildman–Crippen LogP) is 4.84. The van der Waals surface area contributed by atoms with Crippen LogP contribution in [0.25, 0.3) is 10.9 Å². The van der Waals surface area contributed by atoms with Gasteiger partial charge in [0.15, 0.2) is 0 Å². The van der Waals surface area contributed by atoms with E-state index in [-0.39, 0.29) is 29.2 Å². The average molecular weight is 460 g/mol. The Morgan fingerprint density at radius 1 is 1.26 bits per heavy atom. The fourth-order valence-corrected chi connectivity index (χ4v) is 5.00. The molecule has 6 nitrogen and oxygen atoms in total. The van der Waals surface area contributed by atoms with Crippen molar-refractivity contribution in [1.29, 1.82) is 0 Å². The molecule has 178 valence electrons. The summed E-state index contributed by atoms with van der Waals surface area (Å²) in [4.78, 5) is 17.5. The molecule has 2 aliphatic carbocycles. The number of benzene rings is 1. The molecule has 2 aromatic heterocycles. The van der Waals surface area contributed by atoms with E-state index in [9.17, 15) is 4.79 Å². The third kappa shape index (κ3) is 4.43. The quantitative estimate of drug-likeness (QED) is 0.497. The lowest BCUT2D eigenvalue weighted by molar-refractivity contribution is -0.123. The summed E-state index contributed by atoms with van der Waals surface area (Å²) in [6.45, 7) is 7.65. The highest BCUT2D eigenvalue weighted by atomic mass is 16.5. The Morgan fingerprint density at radius 3 is 2.82 bits per heavy atom. The second-order valence-corrected chi connectivity index (χ2v) is 10.9. The van der Waals surface area contributed by atoms with Gasteiger partial charge in [-0.1, -0.05) is 19.1 Å². The van der Waals surface area contributed by atoms with Crippen LogP contribution in [0.1, 0.15) is 56.3 Å². The minimum Gasteiger partial charge on any atom is -0.492 e. The van der Waals surface area contributed by atoms with E-state index in [1.165, 1.54) is 29.3 Å². The van der Waals surface area contributed by atoms with E-state index in [1.807, 2.05) is 19.1 Å². The summed E-state index contributed by atoms with van der Waals surface area (Å²) in [6.07, 6.45) is 7.38. The number of nitrogens with one attached hydrogen (secondary N) is 1. The van der Waals surface area contributed by atoms with Gasteiger partial charge in [-0.05, 0) is 73.2 Å². The van der Waals surface area contributed by atoms with E-state index in [0.29, 0.717) is 0 Å². The van der Waals surface area contributed by atoms with Crippen molar-refractivity contribution in [3.8, 4) is 5.75 Å². The van der Waals surface area contributed by atoms with Gasteiger partial charge >= 0.3 is 0 Å². The van der Waals surface area contributed by atoms with E-state index >= 15 is 0 Å². The second-order valence-electron chi connectivity index (χ2n) is 10.9. The van der Waals surface area contributed by atoms with Crippen LogP contribution < -0.4 is 10.1 Å². The summed E-state index contributed by atoms with van der Waals surface area (Å²) in [5.74, 6) is 1.95. The van der Waals surface area contributed by atoms with Gasteiger partial charge in [-0.3, -0.25) is 9.78 Å². The summed E-state index contributed by atoms with van der Waals surface area (Å²) in [5, 5.41) is 4.41. The van der Waals surface area contributed by atoms with Crippen LogP contribution in [0.5, 0.6) is 5.75 Å². The molecule has 0 unspecified atom stereocenters. The van der Waals surface area contributed by atoms with Gasteiger partial charge in [0.05, 0.1) is 37.8 Å². The van der Waals surface area contributed by atoms with Crippen molar-refractivity contribution in [1.82, 2.24) is 14.9 Å². The summed E-state index contributed by atoms with van der Waals surface area (Å²) < 4.78 is 13.5. The zero-order valence-electron chi connectivity index (χ0n) is 20.0. The number of rotatable bonds is 9. The lowest BCUT2D eigenvalue weighted by Crippen LogP contribution is -2.42. The third-order valence-corrected chi connectivity index (χ3v) is 7.55. The first kappa shape index (κ1) is 21.7. The Bertz CT molecular complexity index is 1190. The number of carbonyl (C=O) groups is 1. The lowest BCUT2D eigenvalue weighted by atomic mass is 9.88. The highest BCUT2D eigenvalue weighted by molar-refractivity contribution is 5.85. The van der Waals surface area contributed by atoms with Crippen LogP contribution in [0, 0.1) is 17.3 Å². The monoisotopic (exact) mass is 459 g/mol. The minimum absolute atomic E-state index is 0.0296. The molecule has 1 saturated heterocycles. The maximum absolute atomic E-state index is 13.0. The van der Waals surface area contributed by atoms with Gasteiger partial charge in [-0.25, -0.2) is 0 Å². The first-order valence-corrected chi connectivity index (χ1v) is 12.5. The third-order valence-electron chi connectivity index (χ3n) is 7.55. The number of fused-ring (bicyclic) bond motifs is 1. The highest BCUT2D eigenvalue weighted by Gasteiger charge is 2.44. The standard InChI is InChI=1S/C28H33N3O3/c1-18(25-8-7-22(13-29-25)34-14-19-3-4-19)30-27(32)24-12-23(24)21-6-5-20-9-10-31(26(20)11-21)15-28(2)16-33-17-28/h5-11,13,18-19,23-24H,3-4,12,14-17H2,1-2H3,(H,30,32)/t18-,23+,24-/m1/s1. The number of nitrogens with zero attached hydrogens (tertiary/aromatic N) is 2. The average Bonchev–Trinajstić information content (AvgIpc) is 3.75. The molecule has 0 bridgehead atoms. The molecule has 1 amide bonds. The van der Waals surface area contributed by atoms with Gasteiger partial charge in [-0.2, -0.15) is 0 Å². The van der Waals surface area contributed by atoms with Crippen LogP contribution in [0.2, 0.25) is 0 Å². The molecule has 1 aromatic carbocycles. The number of hydrogen-bond donors (Lipinski definition) is 1. The van der Waals surface area contributed by atoms with Crippen molar-refractivity contribution in [2.45, 2.75) is 51.6 Å². The number of pyridine rings is 1. The Labute approximate surface area is 200 Å². The molecular weight excluding hydrogens is 426 g/mol. The summed E-state index contributed by atoms with van der Waals surface area (Å²) in [6, 6.07) is 12.6. The highest BCUT2D eigenvalue weighted by Crippen LogP contribution is 2.48. The maximum atomic E-state index is 13.0. The van der Waals surface area contributed by atoms with Gasteiger partial charge in [0.25, 0.3) is 0 Å². The SMILES string of the molecule is C[C@@H](NC(=O)[C@@H]1C[C@H]1c1ccc2ccn(CC3(C)COC3)c2c1)c1ccc(OCC2CC2)cn1. The number of hydrogen-bond acceptors (Lipinski definition) is 4. The molecule has 0 radical (unpaired) electrons. The summed E-state index contributed by atoms with van der Waals surface area (Å²) in [7, 11) is 0. The summed E-state index contributed by atoms with van der Waals surface area (Å²) in [5.41, 5.74) is 3.58. The van der Waals surface area contributed by atoms with Crippen LogP contribution in [0.15, 0.2) is 48.8 Å². The smallest absolute Gasteiger partial charge is 0.224 e. The van der Waals surface area contributed by atoms with E-state index in [1.54, 1.807) is 6.20 Å². The van der Waals surface area contributed by atoms with E-state index in [0.717, 1.165) is 50.1 Å². The van der Waals surface area contributed by atoms with Gasteiger partial charge in [0, 0.05) is 29.6 Å². The molecule has 1 N–H and O–H groups in total. The number of amides is 1. The molecular formula is C28H33N3O3. The molecule has 3 atom stereocenters. The van der Waals surface area contributed by atoms with Crippen LogP contribution in [-0.4, -0.2) is 35.3 Å². The Morgan fingerprint density at radius 2 is 2.12 bits per heavy atom. The molecule has 6 heteroatoms. The molecule has 34 heavy (non-hydrogen) atoms. The topological polar surface area (TPSA) is 65.4 Å². The molecule has 3 aliphatic rings. The largest absolute Gasteiger partial charge is 0.492 e. The van der Waals surface area contributed by atoms with E-state index in [2.05, 4.69) is 52.3 Å². The maximum Gasteiger partial charge on any atom is 0.224 e. The van der Waals surface area contributed by atoms with E-state index in [4.69, 9.17) is 9.47 Å². The first-order chi connectivity index (χ1) is 16.5. The van der Waals surface area contributed by atoms with Crippen LogP contribution in [0.4, 0.5) is 0 Å². The number of carbonyl (C=O) groups excluding carboxylic acids is 1. The molecule has 6 rings (SSSR count). The summed E-state index contributed by atoms with van der Waals surface area (Å²) >= 11 is 0. The first-order valence-electron chi connectivity index (χ1n) is 12.5. The Balaban J connectivity index is 1.07.